The van der Waals surface area contributed by atoms with E-state index in [0.29, 0.717) is 10.6 Å². The highest BCUT2D eigenvalue weighted by atomic mass is 35.5. The maximum Gasteiger partial charge on any atom is 0.426 e. The smallest absolute Gasteiger partial charge is 0.426 e. The number of carbonyl (C=O) groups is 2. The van der Waals surface area contributed by atoms with E-state index < -0.39 is 6.09 Å². The van der Waals surface area contributed by atoms with Gasteiger partial charge >= 0.3 is 6.09 Å². The van der Waals surface area contributed by atoms with Crippen LogP contribution in [-0.4, -0.2) is 30.3 Å². The molecule has 0 radical (unpaired) electrons. The van der Waals surface area contributed by atoms with Crippen LogP contribution in [-0.2, 0) is 4.74 Å². The molecular formula is C17H16ClN3O3. The minimum absolute atomic E-state index is 0.163. The molecule has 0 unspecified atom stereocenters. The normalized spacial score (nSPS) is 13.5. The van der Waals surface area contributed by atoms with Gasteiger partial charge in [-0.25, -0.2) is 15.2 Å². The Morgan fingerprint density at radius 1 is 1.21 bits per heavy atom. The van der Waals surface area contributed by atoms with Crippen LogP contribution in [0.5, 0.6) is 0 Å². The number of ether oxygens (including phenoxy) is 1. The van der Waals surface area contributed by atoms with Crippen LogP contribution >= 0.6 is 11.6 Å². The Bertz CT molecular complexity index is 764. The molecule has 0 fully saturated rings. The number of amides is 2. The highest BCUT2D eigenvalue weighted by molar-refractivity contribution is 6.30. The Kier molecular flexibility index (Phi) is 4.57. The number of nitrogens with zero attached hydrogens (tertiary/aromatic N) is 2. The van der Waals surface area contributed by atoms with E-state index in [1.165, 1.54) is 5.01 Å². The molecule has 3 rings (SSSR count). The molecule has 0 aromatic heterocycles. The zero-order valence-electron chi connectivity index (χ0n) is 13.0. The van der Waals surface area contributed by atoms with Gasteiger partial charge in [0.15, 0.2) is 0 Å². The minimum atomic E-state index is -0.665. The van der Waals surface area contributed by atoms with Gasteiger partial charge in [0.2, 0.25) is 0 Å². The SMILES string of the molecule is CCOC(=O)NN1CN(c2ccc(Cl)cc2)c2ccccc2C1=O. The first-order chi connectivity index (χ1) is 11.6. The molecule has 1 N–H and O–H groups in total. The number of benzene rings is 2. The molecular weight excluding hydrogens is 330 g/mol. The summed E-state index contributed by atoms with van der Waals surface area (Å²) in [5, 5.41) is 1.86. The summed E-state index contributed by atoms with van der Waals surface area (Å²) in [6.45, 7) is 2.09. The lowest BCUT2D eigenvalue weighted by molar-refractivity contribution is 0.0603. The number of hydrogen-bond acceptors (Lipinski definition) is 4. The number of nitrogens with one attached hydrogen (secondary N) is 1. The third-order valence-electron chi connectivity index (χ3n) is 3.59. The number of carbonyl (C=O) groups excluding carboxylic acids is 2. The average Bonchev–Trinajstić information content (AvgIpc) is 2.59. The van der Waals surface area contributed by atoms with E-state index in [0.717, 1.165) is 11.4 Å². The number of halogens is 1. The molecule has 0 saturated heterocycles. The van der Waals surface area contributed by atoms with Gasteiger partial charge in [0, 0.05) is 10.7 Å². The number of para-hydroxylation sites is 1. The van der Waals surface area contributed by atoms with Crippen LogP contribution in [0.25, 0.3) is 0 Å². The molecule has 0 bridgehead atoms. The van der Waals surface area contributed by atoms with Crippen molar-refractivity contribution < 1.29 is 14.3 Å². The first-order valence-corrected chi connectivity index (χ1v) is 7.85. The molecule has 2 aromatic rings. The molecule has 0 atom stereocenters. The van der Waals surface area contributed by atoms with E-state index in [2.05, 4.69) is 5.43 Å². The van der Waals surface area contributed by atoms with E-state index in [1.54, 1.807) is 31.2 Å². The predicted octanol–water partition coefficient (Wildman–Crippen LogP) is 3.55. The zero-order chi connectivity index (χ0) is 17.1. The van der Waals surface area contributed by atoms with Crippen LogP contribution in [0.3, 0.4) is 0 Å². The van der Waals surface area contributed by atoms with E-state index in [4.69, 9.17) is 16.3 Å². The second kappa shape index (κ2) is 6.80. The first-order valence-electron chi connectivity index (χ1n) is 7.47. The van der Waals surface area contributed by atoms with Gasteiger partial charge in [0.1, 0.15) is 6.67 Å². The van der Waals surface area contributed by atoms with E-state index in [9.17, 15) is 9.59 Å². The van der Waals surface area contributed by atoms with Crippen molar-refractivity contribution in [2.24, 2.45) is 0 Å². The summed E-state index contributed by atoms with van der Waals surface area (Å²) in [4.78, 5) is 26.2. The van der Waals surface area contributed by atoms with Crippen LogP contribution in [0.2, 0.25) is 5.02 Å². The average molecular weight is 346 g/mol. The van der Waals surface area contributed by atoms with Crippen molar-refractivity contribution in [2.75, 3.05) is 18.2 Å². The second-order valence-electron chi connectivity index (χ2n) is 5.13. The molecule has 7 heteroatoms. The minimum Gasteiger partial charge on any atom is -0.449 e. The van der Waals surface area contributed by atoms with E-state index in [1.807, 2.05) is 29.2 Å². The lowest BCUT2D eigenvalue weighted by Crippen LogP contribution is -2.53. The molecule has 0 aliphatic carbocycles. The quantitative estimate of drug-likeness (QED) is 0.924. The third kappa shape index (κ3) is 3.14. The summed E-state index contributed by atoms with van der Waals surface area (Å²) >= 11 is 5.95. The van der Waals surface area contributed by atoms with Crippen molar-refractivity contribution in [3.8, 4) is 0 Å². The standard InChI is InChI=1S/C17H16ClN3O3/c1-2-24-17(23)19-21-11-20(13-9-7-12(18)8-10-13)15-6-4-3-5-14(15)16(21)22/h3-10H,2,11H2,1H3,(H,19,23). The largest absolute Gasteiger partial charge is 0.449 e. The second-order valence-corrected chi connectivity index (χ2v) is 5.56. The molecule has 24 heavy (non-hydrogen) atoms. The topological polar surface area (TPSA) is 61.9 Å². The Labute approximate surface area is 144 Å². The molecule has 1 aliphatic rings. The van der Waals surface area contributed by atoms with Crippen molar-refractivity contribution in [2.45, 2.75) is 6.92 Å². The van der Waals surface area contributed by atoms with E-state index >= 15 is 0 Å². The zero-order valence-corrected chi connectivity index (χ0v) is 13.8. The Morgan fingerprint density at radius 3 is 2.62 bits per heavy atom. The summed E-state index contributed by atoms with van der Waals surface area (Å²) in [6, 6.07) is 14.5. The van der Waals surface area contributed by atoms with Crippen molar-refractivity contribution in [1.29, 1.82) is 0 Å². The lowest BCUT2D eigenvalue weighted by atomic mass is 10.1. The molecule has 1 aliphatic heterocycles. The van der Waals surface area contributed by atoms with Gasteiger partial charge in [-0.3, -0.25) is 4.79 Å². The molecule has 6 nitrogen and oxygen atoms in total. The summed E-state index contributed by atoms with van der Waals surface area (Å²) in [7, 11) is 0. The molecule has 2 aromatic carbocycles. The van der Waals surface area contributed by atoms with Gasteiger partial charge in [0.25, 0.3) is 5.91 Å². The van der Waals surface area contributed by atoms with Crippen LogP contribution in [0.1, 0.15) is 17.3 Å². The van der Waals surface area contributed by atoms with Crippen molar-refractivity contribution in [1.82, 2.24) is 10.4 Å². The van der Waals surface area contributed by atoms with E-state index in [-0.39, 0.29) is 19.2 Å². The number of fused-ring (bicyclic) bond motifs is 1. The summed E-state index contributed by atoms with van der Waals surface area (Å²) < 4.78 is 4.86. The summed E-state index contributed by atoms with van der Waals surface area (Å²) in [5.41, 5.74) is 4.60. The summed E-state index contributed by atoms with van der Waals surface area (Å²) in [5.74, 6) is -0.288. The molecule has 2 amide bonds. The molecule has 0 spiro atoms. The molecule has 1 heterocycles. The number of anilines is 2. The first kappa shape index (κ1) is 16.1. The number of hydrazine groups is 1. The number of hydrogen-bond donors (Lipinski definition) is 1. The molecule has 124 valence electrons. The van der Waals surface area contributed by atoms with Crippen molar-refractivity contribution in [3.63, 3.8) is 0 Å². The lowest BCUT2D eigenvalue weighted by Gasteiger charge is -2.37. The van der Waals surface area contributed by atoms with Gasteiger partial charge < -0.3 is 9.64 Å². The van der Waals surface area contributed by atoms with Crippen LogP contribution in [0, 0.1) is 0 Å². The van der Waals surface area contributed by atoms with Crippen LogP contribution in [0.4, 0.5) is 16.2 Å². The maximum absolute atomic E-state index is 12.6. The fraction of sp³-hybridized carbons (Fsp3) is 0.176. The van der Waals surface area contributed by atoms with Crippen molar-refractivity contribution in [3.05, 3.63) is 59.1 Å². The van der Waals surface area contributed by atoms with Gasteiger partial charge in [0.05, 0.1) is 17.9 Å². The van der Waals surface area contributed by atoms with Gasteiger partial charge in [-0.15, -0.1) is 0 Å². The Balaban J connectivity index is 1.96. The Hall–Kier alpha value is -2.73. The highest BCUT2D eigenvalue weighted by Crippen LogP contribution is 2.33. The fourth-order valence-corrected chi connectivity index (χ4v) is 2.64. The monoisotopic (exact) mass is 345 g/mol. The highest BCUT2D eigenvalue weighted by Gasteiger charge is 2.31. The van der Waals surface area contributed by atoms with Gasteiger partial charge in [-0.05, 0) is 43.3 Å². The third-order valence-corrected chi connectivity index (χ3v) is 3.85. The van der Waals surface area contributed by atoms with Gasteiger partial charge in [-0.1, -0.05) is 23.7 Å². The number of rotatable bonds is 3. The van der Waals surface area contributed by atoms with Crippen molar-refractivity contribution >= 4 is 35.0 Å². The van der Waals surface area contributed by atoms with Gasteiger partial charge in [-0.2, -0.15) is 0 Å². The van der Waals surface area contributed by atoms with Crippen LogP contribution in [0.15, 0.2) is 48.5 Å². The molecule has 0 saturated carbocycles. The predicted molar refractivity (Wildman–Crippen MR) is 91.2 cm³/mol. The van der Waals surface area contributed by atoms with Crippen LogP contribution < -0.4 is 10.3 Å². The Morgan fingerprint density at radius 2 is 1.92 bits per heavy atom. The maximum atomic E-state index is 12.6. The summed E-state index contributed by atoms with van der Waals surface area (Å²) in [6.07, 6.45) is -0.665. The fourth-order valence-electron chi connectivity index (χ4n) is 2.52.